The van der Waals surface area contributed by atoms with E-state index < -0.39 is 23.4 Å². The number of carbonyl (C=O) groups excluding carboxylic acids is 2. The molecule has 2 rings (SSSR count). The second-order valence-electron chi connectivity index (χ2n) is 9.58. The summed E-state index contributed by atoms with van der Waals surface area (Å²) in [5, 5.41) is 35.9. The molecule has 0 aromatic rings. The van der Waals surface area contributed by atoms with Crippen molar-refractivity contribution in [1.82, 2.24) is 0 Å². The predicted molar refractivity (Wildman–Crippen MR) is 101 cm³/mol. The van der Waals surface area contributed by atoms with Crippen LogP contribution in [0.1, 0.15) is 54.4 Å². The molecule has 164 valence electrons. The lowest BCUT2D eigenvalue weighted by Crippen LogP contribution is -2.26. The van der Waals surface area contributed by atoms with Gasteiger partial charge in [-0.15, -0.1) is 0 Å². The summed E-state index contributed by atoms with van der Waals surface area (Å²) in [6.07, 6.45) is -0.326. The predicted octanol–water partition coefficient (Wildman–Crippen LogP) is 0.635. The van der Waals surface area contributed by atoms with E-state index in [1.54, 1.807) is 0 Å². The Bertz CT molecular complexity index is 485. The first-order chi connectivity index (χ1) is 12.7. The van der Waals surface area contributed by atoms with E-state index in [9.17, 15) is 19.8 Å². The quantitative estimate of drug-likeness (QED) is 0.474. The van der Waals surface area contributed by atoms with Crippen LogP contribution in [-0.2, 0) is 19.1 Å². The Morgan fingerprint density at radius 3 is 1.29 bits per heavy atom. The van der Waals surface area contributed by atoms with Crippen LogP contribution in [0.4, 0.5) is 0 Å². The van der Waals surface area contributed by atoms with Crippen LogP contribution >= 0.6 is 0 Å². The molecular weight excluding hydrogens is 368 g/mol. The van der Waals surface area contributed by atoms with Crippen LogP contribution < -0.4 is 0 Å². The summed E-state index contributed by atoms with van der Waals surface area (Å²) in [6, 6.07) is 0. The van der Waals surface area contributed by atoms with Crippen molar-refractivity contribution in [3.63, 3.8) is 0 Å². The van der Waals surface area contributed by atoms with Gasteiger partial charge in [0.1, 0.15) is 11.2 Å². The maximum absolute atomic E-state index is 11.4. The van der Waals surface area contributed by atoms with Crippen LogP contribution in [0.25, 0.3) is 0 Å². The van der Waals surface area contributed by atoms with E-state index in [1.165, 1.54) is 0 Å². The van der Waals surface area contributed by atoms with E-state index in [1.807, 2.05) is 41.5 Å². The zero-order chi connectivity index (χ0) is 21.9. The molecule has 0 aromatic carbocycles. The van der Waals surface area contributed by atoms with E-state index in [0.29, 0.717) is 12.8 Å². The van der Waals surface area contributed by atoms with Crippen molar-refractivity contribution in [3.8, 4) is 0 Å². The average Bonchev–Trinajstić information content (AvgIpc) is 3.43. The first-order valence-corrected chi connectivity index (χ1v) is 9.73. The summed E-state index contributed by atoms with van der Waals surface area (Å²) < 4.78 is 10.3. The molecule has 6 atom stereocenters. The molecule has 2 fully saturated rings. The smallest absolute Gasteiger partial charge is 0.309 e. The third kappa shape index (κ3) is 8.43. The third-order valence-electron chi connectivity index (χ3n) is 4.46. The van der Waals surface area contributed by atoms with E-state index >= 15 is 0 Å². The number of rotatable bonds is 6. The summed E-state index contributed by atoms with van der Waals surface area (Å²) in [7, 11) is 0. The number of ether oxygens (including phenoxy) is 2. The normalized spacial score (nSPS) is 28.4. The van der Waals surface area contributed by atoms with E-state index in [4.69, 9.17) is 19.7 Å². The molecular formula is C20H36O8. The van der Waals surface area contributed by atoms with Crippen molar-refractivity contribution in [1.29, 1.82) is 0 Å². The topological polar surface area (TPSA) is 134 Å². The van der Waals surface area contributed by atoms with Gasteiger partial charge in [0, 0.05) is 11.8 Å². The van der Waals surface area contributed by atoms with Crippen LogP contribution in [0.2, 0.25) is 0 Å². The molecule has 0 radical (unpaired) electrons. The van der Waals surface area contributed by atoms with Gasteiger partial charge in [0.05, 0.1) is 37.3 Å². The maximum Gasteiger partial charge on any atom is 0.309 e. The van der Waals surface area contributed by atoms with Gasteiger partial charge in [0.15, 0.2) is 0 Å². The Balaban J connectivity index is 0.000000280. The van der Waals surface area contributed by atoms with Gasteiger partial charge in [-0.2, -0.15) is 0 Å². The Morgan fingerprint density at radius 2 is 1.07 bits per heavy atom. The van der Waals surface area contributed by atoms with Crippen LogP contribution in [0.15, 0.2) is 0 Å². The molecule has 0 aromatic heterocycles. The lowest BCUT2D eigenvalue weighted by atomic mass is 10.2. The van der Waals surface area contributed by atoms with Gasteiger partial charge in [0.2, 0.25) is 0 Å². The SMILES string of the molecule is CC(C)(C)OC(=O)[C@@H]1C[C@H]1[C@H](O)CO.CC(C)(C)OC(=O)[C@H]1C[C@@H]1[C@H](O)CO. The van der Waals surface area contributed by atoms with Crippen molar-refractivity contribution < 1.29 is 39.5 Å². The zero-order valence-electron chi connectivity index (χ0n) is 17.7. The second-order valence-corrected chi connectivity index (χ2v) is 9.58. The van der Waals surface area contributed by atoms with Gasteiger partial charge in [-0.25, -0.2) is 0 Å². The number of aliphatic hydroxyl groups excluding tert-OH is 4. The van der Waals surface area contributed by atoms with Gasteiger partial charge in [0.25, 0.3) is 0 Å². The van der Waals surface area contributed by atoms with Crippen LogP contribution in [0.5, 0.6) is 0 Å². The molecule has 0 heterocycles. The molecule has 0 saturated heterocycles. The van der Waals surface area contributed by atoms with Gasteiger partial charge in [-0.3, -0.25) is 9.59 Å². The Hall–Kier alpha value is -1.22. The molecule has 28 heavy (non-hydrogen) atoms. The summed E-state index contributed by atoms with van der Waals surface area (Å²) in [5.41, 5.74) is -0.956. The standard InChI is InChI=1S/2C10H18O4/c2*1-10(2,3)14-9(13)7-4-6(7)8(12)5-11/h2*6-8,11-12H,4-5H2,1-3H3/t6-,7-,8+;6-,7-,8-/m01/s1. The van der Waals surface area contributed by atoms with Gasteiger partial charge in [-0.05, 0) is 54.4 Å². The van der Waals surface area contributed by atoms with Crippen molar-refractivity contribution in [2.75, 3.05) is 13.2 Å². The van der Waals surface area contributed by atoms with E-state index in [0.717, 1.165) is 0 Å². The molecule has 8 nitrogen and oxygen atoms in total. The highest BCUT2D eigenvalue weighted by Crippen LogP contribution is 2.43. The molecule has 4 N–H and O–H groups in total. The highest BCUT2D eigenvalue weighted by Gasteiger charge is 2.49. The van der Waals surface area contributed by atoms with Crippen LogP contribution in [-0.4, -0.2) is 69.0 Å². The van der Waals surface area contributed by atoms with Gasteiger partial charge in [-0.1, -0.05) is 0 Å². The zero-order valence-corrected chi connectivity index (χ0v) is 17.7. The van der Waals surface area contributed by atoms with Crippen molar-refractivity contribution in [2.45, 2.75) is 77.8 Å². The minimum Gasteiger partial charge on any atom is -0.460 e. The second kappa shape index (κ2) is 9.52. The largest absolute Gasteiger partial charge is 0.460 e. The molecule has 0 unspecified atom stereocenters. The molecule has 0 aliphatic heterocycles. The monoisotopic (exact) mass is 404 g/mol. The summed E-state index contributed by atoms with van der Waals surface area (Å²) >= 11 is 0. The first kappa shape index (κ1) is 24.8. The number of esters is 2. The van der Waals surface area contributed by atoms with Gasteiger partial charge >= 0.3 is 11.9 Å². The van der Waals surface area contributed by atoms with E-state index in [2.05, 4.69) is 0 Å². The highest BCUT2D eigenvalue weighted by atomic mass is 16.6. The highest BCUT2D eigenvalue weighted by molar-refractivity contribution is 5.76. The number of hydrogen-bond acceptors (Lipinski definition) is 8. The molecule has 2 saturated carbocycles. The molecule has 0 bridgehead atoms. The van der Waals surface area contributed by atoms with Crippen LogP contribution in [0.3, 0.4) is 0 Å². The molecule has 8 heteroatoms. The summed E-state index contributed by atoms with van der Waals surface area (Å²) in [4.78, 5) is 22.9. The minimum atomic E-state index is -0.785. The third-order valence-corrected chi connectivity index (χ3v) is 4.46. The fraction of sp³-hybridized carbons (Fsp3) is 0.900. The minimum absolute atomic E-state index is 0.116. The Morgan fingerprint density at radius 1 is 0.786 bits per heavy atom. The van der Waals surface area contributed by atoms with Crippen molar-refractivity contribution in [3.05, 3.63) is 0 Å². The molecule has 2 aliphatic carbocycles. The molecule has 2 aliphatic rings. The Kier molecular flexibility index (Phi) is 8.44. The molecule has 0 amide bonds. The fourth-order valence-electron chi connectivity index (χ4n) is 2.85. The lowest BCUT2D eigenvalue weighted by molar-refractivity contribution is -0.158. The Labute approximate surface area is 166 Å². The number of hydrogen-bond donors (Lipinski definition) is 4. The lowest BCUT2D eigenvalue weighted by Gasteiger charge is -2.19. The van der Waals surface area contributed by atoms with Crippen molar-refractivity contribution >= 4 is 11.9 Å². The average molecular weight is 405 g/mol. The number of carbonyl (C=O) groups is 2. The molecule has 0 spiro atoms. The van der Waals surface area contributed by atoms with Crippen LogP contribution in [0, 0.1) is 23.7 Å². The maximum atomic E-state index is 11.4. The fourth-order valence-corrected chi connectivity index (χ4v) is 2.85. The summed E-state index contributed by atoms with van der Waals surface area (Å²) in [5.74, 6) is -1.22. The van der Waals surface area contributed by atoms with Crippen molar-refractivity contribution in [2.24, 2.45) is 23.7 Å². The van der Waals surface area contributed by atoms with E-state index in [-0.39, 0.29) is 48.8 Å². The first-order valence-electron chi connectivity index (χ1n) is 9.73. The summed E-state index contributed by atoms with van der Waals surface area (Å²) in [6.45, 7) is 10.3. The van der Waals surface area contributed by atoms with Gasteiger partial charge < -0.3 is 29.9 Å². The number of aliphatic hydroxyl groups is 4.